The SMILES string of the molecule is CCC(CC)(CNC(=O)c1nc(Cl)ccc1Cl)C(=O)O. The first-order valence-corrected chi connectivity index (χ1v) is 6.95. The zero-order valence-corrected chi connectivity index (χ0v) is 12.8. The third-order valence-corrected chi connectivity index (χ3v) is 3.94. The number of hydrogen-bond acceptors (Lipinski definition) is 3. The number of carbonyl (C=O) groups is 2. The summed E-state index contributed by atoms with van der Waals surface area (Å²) in [6.45, 7) is 3.56. The second-order valence-corrected chi connectivity index (χ2v) is 5.23. The van der Waals surface area contributed by atoms with Crippen LogP contribution < -0.4 is 5.32 Å². The molecule has 7 heteroatoms. The van der Waals surface area contributed by atoms with Crippen molar-refractivity contribution in [2.45, 2.75) is 26.7 Å². The van der Waals surface area contributed by atoms with Crippen LogP contribution in [-0.2, 0) is 4.79 Å². The summed E-state index contributed by atoms with van der Waals surface area (Å²) >= 11 is 11.6. The van der Waals surface area contributed by atoms with Crippen LogP contribution in [0.3, 0.4) is 0 Å². The minimum Gasteiger partial charge on any atom is -0.481 e. The number of carboxylic acid groups (broad SMARTS) is 1. The summed E-state index contributed by atoms with van der Waals surface area (Å²) in [5.41, 5.74) is -0.994. The maximum Gasteiger partial charge on any atom is 0.311 e. The van der Waals surface area contributed by atoms with Gasteiger partial charge < -0.3 is 10.4 Å². The molecule has 1 amide bonds. The van der Waals surface area contributed by atoms with E-state index in [4.69, 9.17) is 23.2 Å². The van der Waals surface area contributed by atoms with E-state index in [2.05, 4.69) is 10.3 Å². The van der Waals surface area contributed by atoms with Gasteiger partial charge in [-0.2, -0.15) is 0 Å². The topological polar surface area (TPSA) is 79.3 Å². The molecule has 0 aliphatic carbocycles. The summed E-state index contributed by atoms with van der Waals surface area (Å²) in [5, 5.41) is 12.2. The molecular weight excluding hydrogens is 303 g/mol. The molecule has 1 rings (SSSR count). The van der Waals surface area contributed by atoms with E-state index in [-0.39, 0.29) is 22.4 Å². The van der Waals surface area contributed by atoms with Gasteiger partial charge in [0.2, 0.25) is 0 Å². The average molecular weight is 319 g/mol. The molecule has 1 heterocycles. The Morgan fingerprint density at radius 3 is 2.40 bits per heavy atom. The Labute approximate surface area is 127 Å². The van der Waals surface area contributed by atoms with E-state index in [0.29, 0.717) is 12.8 Å². The van der Waals surface area contributed by atoms with Crippen molar-refractivity contribution in [3.63, 3.8) is 0 Å². The molecule has 20 heavy (non-hydrogen) atoms. The highest BCUT2D eigenvalue weighted by Gasteiger charge is 2.35. The summed E-state index contributed by atoms with van der Waals surface area (Å²) < 4.78 is 0. The lowest BCUT2D eigenvalue weighted by atomic mass is 9.82. The highest BCUT2D eigenvalue weighted by molar-refractivity contribution is 6.34. The summed E-state index contributed by atoms with van der Waals surface area (Å²) in [4.78, 5) is 27.2. The fraction of sp³-hybridized carbons (Fsp3) is 0.462. The number of amides is 1. The van der Waals surface area contributed by atoms with Crippen molar-refractivity contribution in [1.82, 2.24) is 10.3 Å². The summed E-state index contributed by atoms with van der Waals surface area (Å²) in [5.74, 6) is -1.47. The Bertz CT molecular complexity index is 516. The van der Waals surface area contributed by atoms with Crippen molar-refractivity contribution in [2.24, 2.45) is 5.41 Å². The van der Waals surface area contributed by atoms with Crippen LogP contribution in [0.4, 0.5) is 0 Å². The smallest absolute Gasteiger partial charge is 0.311 e. The fourth-order valence-electron chi connectivity index (χ4n) is 1.79. The third kappa shape index (κ3) is 3.61. The van der Waals surface area contributed by atoms with E-state index in [9.17, 15) is 14.7 Å². The molecule has 0 saturated carbocycles. The minimum atomic E-state index is -0.985. The predicted octanol–water partition coefficient (Wildman–Crippen LogP) is 3.01. The highest BCUT2D eigenvalue weighted by atomic mass is 35.5. The van der Waals surface area contributed by atoms with Gasteiger partial charge in [-0.3, -0.25) is 9.59 Å². The Hall–Kier alpha value is -1.33. The van der Waals surface area contributed by atoms with Gasteiger partial charge in [-0.05, 0) is 25.0 Å². The lowest BCUT2D eigenvalue weighted by Gasteiger charge is -2.26. The molecule has 0 saturated heterocycles. The van der Waals surface area contributed by atoms with Crippen LogP contribution in [0.1, 0.15) is 37.2 Å². The summed E-state index contributed by atoms with van der Waals surface area (Å²) in [6.07, 6.45) is 0.825. The molecule has 1 aromatic heterocycles. The molecule has 5 nitrogen and oxygen atoms in total. The van der Waals surface area contributed by atoms with E-state index in [0.717, 1.165) is 0 Å². The fourth-order valence-corrected chi connectivity index (χ4v) is 2.13. The second kappa shape index (κ2) is 6.90. The lowest BCUT2D eigenvalue weighted by molar-refractivity contribution is -0.149. The van der Waals surface area contributed by atoms with Crippen molar-refractivity contribution >= 4 is 35.1 Å². The normalized spacial score (nSPS) is 11.2. The number of carbonyl (C=O) groups excluding carboxylic acids is 1. The van der Waals surface area contributed by atoms with Gasteiger partial charge in [0.05, 0.1) is 10.4 Å². The first-order chi connectivity index (χ1) is 9.36. The Morgan fingerprint density at radius 2 is 1.90 bits per heavy atom. The van der Waals surface area contributed by atoms with Crippen LogP contribution in [0.5, 0.6) is 0 Å². The van der Waals surface area contributed by atoms with Crippen LogP contribution >= 0.6 is 23.2 Å². The van der Waals surface area contributed by atoms with Gasteiger partial charge in [0, 0.05) is 6.54 Å². The first-order valence-electron chi connectivity index (χ1n) is 6.20. The highest BCUT2D eigenvalue weighted by Crippen LogP contribution is 2.26. The van der Waals surface area contributed by atoms with Gasteiger partial charge in [0.15, 0.2) is 0 Å². The van der Waals surface area contributed by atoms with Gasteiger partial charge in [0.1, 0.15) is 10.8 Å². The number of carboxylic acids is 1. The molecule has 0 atom stereocenters. The number of aliphatic carboxylic acids is 1. The van der Waals surface area contributed by atoms with E-state index in [1.54, 1.807) is 13.8 Å². The molecule has 0 spiro atoms. The summed E-state index contributed by atoms with van der Waals surface area (Å²) in [6, 6.07) is 2.94. The first kappa shape index (κ1) is 16.7. The standard InChI is InChI=1S/C13H16Cl2N2O3/c1-3-13(4-2,12(19)20)7-16-11(18)10-8(14)5-6-9(15)17-10/h5-6H,3-4,7H2,1-2H3,(H,16,18)(H,19,20). The van der Waals surface area contributed by atoms with Crippen LogP contribution in [-0.4, -0.2) is 28.5 Å². The number of rotatable bonds is 6. The monoisotopic (exact) mass is 318 g/mol. The number of nitrogens with one attached hydrogen (secondary N) is 1. The zero-order chi connectivity index (χ0) is 15.3. The quantitative estimate of drug-likeness (QED) is 0.790. The van der Waals surface area contributed by atoms with Crippen molar-refractivity contribution < 1.29 is 14.7 Å². The molecule has 2 N–H and O–H groups in total. The van der Waals surface area contributed by atoms with E-state index in [1.807, 2.05) is 0 Å². The zero-order valence-electron chi connectivity index (χ0n) is 11.2. The number of pyridine rings is 1. The van der Waals surface area contributed by atoms with Crippen LogP contribution in [0.2, 0.25) is 10.2 Å². The van der Waals surface area contributed by atoms with Crippen molar-refractivity contribution in [3.05, 3.63) is 28.0 Å². The minimum absolute atomic E-state index is 0.00865. The number of nitrogens with zero attached hydrogens (tertiary/aromatic N) is 1. The molecule has 1 aromatic rings. The Balaban J connectivity index is 2.86. The third-order valence-electron chi connectivity index (χ3n) is 3.42. The number of aromatic nitrogens is 1. The van der Waals surface area contributed by atoms with E-state index in [1.165, 1.54) is 12.1 Å². The molecular formula is C13H16Cl2N2O3. The molecule has 0 aromatic carbocycles. The van der Waals surface area contributed by atoms with Crippen LogP contribution in [0.15, 0.2) is 12.1 Å². The summed E-state index contributed by atoms with van der Waals surface area (Å²) in [7, 11) is 0. The molecule has 0 unspecified atom stereocenters. The molecule has 0 fully saturated rings. The molecule has 0 aliphatic heterocycles. The molecule has 0 radical (unpaired) electrons. The second-order valence-electron chi connectivity index (χ2n) is 4.44. The lowest BCUT2D eigenvalue weighted by Crippen LogP contribution is -2.42. The average Bonchev–Trinajstić information content (AvgIpc) is 2.42. The Morgan fingerprint density at radius 1 is 1.30 bits per heavy atom. The molecule has 0 aliphatic rings. The van der Waals surface area contributed by atoms with Crippen molar-refractivity contribution in [3.8, 4) is 0 Å². The van der Waals surface area contributed by atoms with Crippen molar-refractivity contribution in [2.75, 3.05) is 6.54 Å². The van der Waals surface area contributed by atoms with Gasteiger partial charge in [-0.15, -0.1) is 0 Å². The molecule has 110 valence electrons. The maximum atomic E-state index is 12.0. The number of hydrogen-bond donors (Lipinski definition) is 2. The van der Waals surface area contributed by atoms with Gasteiger partial charge in [-0.25, -0.2) is 4.98 Å². The largest absolute Gasteiger partial charge is 0.481 e. The van der Waals surface area contributed by atoms with Crippen LogP contribution in [0, 0.1) is 5.41 Å². The van der Waals surface area contributed by atoms with Crippen LogP contribution in [0.25, 0.3) is 0 Å². The maximum absolute atomic E-state index is 12.0. The van der Waals surface area contributed by atoms with Crippen molar-refractivity contribution in [1.29, 1.82) is 0 Å². The van der Waals surface area contributed by atoms with E-state index >= 15 is 0 Å². The molecule has 0 bridgehead atoms. The predicted molar refractivity (Wildman–Crippen MR) is 77.2 cm³/mol. The Kier molecular flexibility index (Phi) is 5.77. The van der Waals surface area contributed by atoms with E-state index < -0.39 is 17.3 Å². The van der Waals surface area contributed by atoms with Gasteiger partial charge in [-0.1, -0.05) is 37.0 Å². The van der Waals surface area contributed by atoms with Gasteiger partial charge in [0.25, 0.3) is 5.91 Å². The van der Waals surface area contributed by atoms with Gasteiger partial charge >= 0.3 is 5.97 Å². The number of halogens is 2.